The Morgan fingerprint density at radius 1 is 1.29 bits per heavy atom. The topological polar surface area (TPSA) is 72.9 Å². The van der Waals surface area contributed by atoms with Crippen LogP contribution in [0.3, 0.4) is 0 Å². The molecule has 2 aliphatic heterocycles. The number of carbonyl (C=O) groups excluding carboxylic acids is 1. The second-order valence-electron chi connectivity index (χ2n) is 6.36. The summed E-state index contributed by atoms with van der Waals surface area (Å²) in [5, 5.41) is 11.6. The Bertz CT molecular complexity index is 375. The number of piperidine rings is 1. The molecule has 2 unspecified atom stereocenters. The van der Waals surface area contributed by atoms with Crippen molar-refractivity contribution in [1.82, 2.24) is 15.1 Å². The molecule has 2 rings (SSSR count). The number of carboxylic acid groups (broad SMARTS) is 1. The van der Waals surface area contributed by atoms with Crippen LogP contribution in [0.25, 0.3) is 0 Å². The summed E-state index contributed by atoms with van der Waals surface area (Å²) in [5.74, 6) is -0.581. The van der Waals surface area contributed by atoms with E-state index in [1.807, 2.05) is 11.8 Å². The normalized spacial score (nSPS) is 24.2. The molecule has 2 fully saturated rings. The molecule has 120 valence electrons. The van der Waals surface area contributed by atoms with Crippen molar-refractivity contribution in [3.63, 3.8) is 0 Å². The SMILES string of the molecule is CC(CCC(=O)O)CNC(=O)N1CCN2CCCCC2C1. The molecule has 2 N–H and O–H groups in total. The van der Waals surface area contributed by atoms with Gasteiger partial charge >= 0.3 is 12.0 Å². The van der Waals surface area contributed by atoms with Crippen LogP contribution in [0.15, 0.2) is 0 Å². The molecule has 21 heavy (non-hydrogen) atoms. The van der Waals surface area contributed by atoms with Crippen LogP contribution in [0.5, 0.6) is 0 Å². The highest BCUT2D eigenvalue weighted by Crippen LogP contribution is 2.21. The number of carboxylic acids is 1. The van der Waals surface area contributed by atoms with E-state index in [0.29, 0.717) is 19.0 Å². The van der Waals surface area contributed by atoms with Crippen LogP contribution in [-0.2, 0) is 4.79 Å². The molecular formula is C15H27N3O3. The van der Waals surface area contributed by atoms with E-state index in [-0.39, 0.29) is 18.4 Å². The summed E-state index contributed by atoms with van der Waals surface area (Å²) in [4.78, 5) is 27.1. The van der Waals surface area contributed by atoms with Gasteiger partial charge in [0.15, 0.2) is 0 Å². The summed E-state index contributed by atoms with van der Waals surface area (Å²) in [6.07, 6.45) is 4.51. The Morgan fingerprint density at radius 3 is 2.86 bits per heavy atom. The third-order valence-electron chi connectivity index (χ3n) is 4.58. The Balaban J connectivity index is 1.69. The minimum absolute atomic E-state index is 0.00222. The highest BCUT2D eigenvalue weighted by Gasteiger charge is 2.30. The van der Waals surface area contributed by atoms with E-state index in [9.17, 15) is 9.59 Å². The van der Waals surface area contributed by atoms with E-state index in [0.717, 1.165) is 19.6 Å². The Labute approximate surface area is 126 Å². The number of aliphatic carboxylic acids is 1. The number of nitrogens with zero attached hydrogens (tertiary/aromatic N) is 2. The molecule has 0 aliphatic carbocycles. The van der Waals surface area contributed by atoms with E-state index < -0.39 is 5.97 Å². The van der Waals surface area contributed by atoms with Crippen LogP contribution < -0.4 is 5.32 Å². The minimum Gasteiger partial charge on any atom is -0.481 e. The van der Waals surface area contributed by atoms with Crippen LogP contribution in [0.4, 0.5) is 4.79 Å². The van der Waals surface area contributed by atoms with Gasteiger partial charge in [0.05, 0.1) is 0 Å². The van der Waals surface area contributed by atoms with Gasteiger partial charge in [0, 0.05) is 38.6 Å². The standard InChI is InChI=1S/C15H27N3O3/c1-12(5-6-14(19)20)10-16-15(21)18-9-8-17-7-3-2-4-13(17)11-18/h12-13H,2-11H2,1H3,(H,16,21)(H,19,20). The van der Waals surface area contributed by atoms with Crippen molar-refractivity contribution in [2.24, 2.45) is 5.92 Å². The predicted molar refractivity (Wildman–Crippen MR) is 80.2 cm³/mol. The lowest BCUT2D eigenvalue weighted by atomic mass is 10.00. The Kier molecular flexibility index (Phi) is 5.85. The summed E-state index contributed by atoms with van der Waals surface area (Å²) in [5.41, 5.74) is 0. The molecule has 0 radical (unpaired) electrons. The number of nitrogens with one attached hydrogen (secondary N) is 1. The van der Waals surface area contributed by atoms with Crippen LogP contribution >= 0.6 is 0 Å². The maximum Gasteiger partial charge on any atom is 0.317 e. The first kappa shape index (κ1) is 16.1. The number of hydrogen-bond acceptors (Lipinski definition) is 3. The molecule has 6 heteroatoms. The summed E-state index contributed by atoms with van der Waals surface area (Å²) >= 11 is 0. The monoisotopic (exact) mass is 297 g/mol. The molecule has 0 spiro atoms. The molecule has 2 saturated heterocycles. The lowest BCUT2D eigenvalue weighted by molar-refractivity contribution is -0.137. The van der Waals surface area contributed by atoms with Gasteiger partial charge in [0.25, 0.3) is 0 Å². The minimum atomic E-state index is -0.776. The smallest absolute Gasteiger partial charge is 0.317 e. The molecule has 2 amide bonds. The molecule has 0 aromatic rings. The Morgan fingerprint density at radius 2 is 2.10 bits per heavy atom. The third-order valence-corrected chi connectivity index (χ3v) is 4.58. The van der Waals surface area contributed by atoms with Gasteiger partial charge in [0.2, 0.25) is 0 Å². The fourth-order valence-corrected chi connectivity index (χ4v) is 3.19. The zero-order chi connectivity index (χ0) is 15.2. The van der Waals surface area contributed by atoms with Crippen molar-refractivity contribution in [2.45, 2.75) is 45.1 Å². The fourth-order valence-electron chi connectivity index (χ4n) is 3.19. The number of carbonyl (C=O) groups is 2. The fraction of sp³-hybridized carbons (Fsp3) is 0.867. The first-order valence-electron chi connectivity index (χ1n) is 8.05. The number of rotatable bonds is 5. The van der Waals surface area contributed by atoms with Gasteiger partial charge in [-0.1, -0.05) is 13.3 Å². The quantitative estimate of drug-likeness (QED) is 0.804. The molecule has 6 nitrogen and oxygen atoms in total. The van der Waals surface area contributed by atoms with Crippen molar-refractivity contribution in [3.05, 3.63) is 0 Å². The first-order chi connectivity index (χ1) is 10.1. The average molecular weight is 297 g/mol. The van der Waals surface area contributed by atoms with Crippen molar-refractivity contribution >= 4 is 12.0 Å². The molecule has 0 bridgehead atoms. The molecule has 2 atom stereocenters. The molecular weight excluding hydrogens is 270 g/mol. The van der Waals surface area contributed by atoms with Gasteiger partial charge < -0.3 is 15.3 Å². The predicted octanol–water partition coefficient (Wildman–Crippen LogP) is 1.37. The highest BCUT2D eigenvalue weighted by molar-refractivity contribution is 5.74. The van der Waals surface area contributed by atoms with E-state index in [4.69, 9.17) is 5.11 Å². The second kappa shape index (κ2) is 7.64. The van der Waals surface area contributed by atoms with Gasteiger partial charge in [-0.05, 0) is 31.7 Å². The summed E-state index contributed by atoms with van der Waals surface area (Å²) in [6, 6.07) is 0.532. The molecule has 2 heterocycles. The number of amides is 2. The van der Waals surface area contributed by atoms with Crippen LogP contribution in [-0.4, -0.2) is 65.7 Å². The zero-order valence-electron chi connectivity index (χ0n) is 12.9. The zero-order valence-corrected chi connectivity index (χ0v) is 12.9. The maximum absolute atomic E-state index is 12.2. The molecule has 2 aliphatic rings. The largest absolute Gasteiger partial charge is 0.481 e. The Hall–Kier alpha value is -1.30. The van der Waals surface area contributed by atoms with E-state index in [2.05, 4.69) is 10.2 Å². The van der Waals surface area contributed by atoms with Crippen molar-refractivity contribution in [1.29, 1.82) is 0 Å². The van der Waals surface area contributed by atoms with Gasteiger partial charge in [-0.2, -0.15) is 0 Å². The molecule has 0 saturated carbocycles. The van der Waals surface area contributed by atoms with Crippen molar-refractivity contribution in [2.75, 3.05) is 32.7 Å². The number of hydrogen-bond donors (Lipinski definition) is 2. The lowest BCUT2D eigenvalue weighted by Crippen LogP contribution is -2.58. The van der Waals surface area contributed by atoms with E-state index in [1.54, 1.807) is 0 Å². The lowest BCUT2D eigenvalue weighted by Gasteiger charge is -2.44. The van der Waals surface area contributed by atoms with E-state index >= 15 is 0 Å². The summed E-state index contributed by atoms with van der Waals surface area (Å²) in [7, 11) is 0. The van der Waals surface area contributed by atoms with Gasteiger partial charge in [0.1, 0.15) is 0 Å². The van der Waals surface area contributed by atoms with Crippen LogP contribution in [0.1, 0.15) is 39.0 Å². The number of fused-ring (bicyclic) bond motifs is 1. The molecule has 0 aromatic heterocycles. The van der Waals surface area contributed by atoms with Gasteiger partial charge in [-0.25, -0.2) is 4.79 Å². The third kappa shape index (κ3) is 4.88. The van der Waals surface area contributed by atoms with Crippen LogP contribution in [0, 0.1) is 5.92 Å². The van der Waals surface area contributed by atoms with Gasteiger partial charge in [-0.3, -0.25) is 9.69 Å². The van der Waals surface area contributed by atoms with Gasteiger partial charge in [-0.15, -0.1) is 0 Å². The summed E-state index contributed by atoms with van der Waals surface area (Å²) < 4.78 is 0. The molecule has 0 aromatic carbocycles. The summed E-state index contributed by atoms with van der Waals surface area (Å²) in [6.45, 7) is 6.31. The number of urea groups is 1. The second-order valence-corrected chi connectivity index (χ2v) is 6.36. The maximum atomic E-state index is 12.2. The first-order valence-corrected chi connectivity index (χ1v) is 8.05. The van der Waals surface area contributed by atoms with Crippen molar-refractivity contribution < 1.29 is 14.7 Å². The van der Waals surface area contributed by atoms with Crippen LogP contribution in [0.2, 0.25) is 0 Å². The highest BCUT2D eigenvalue weighted by atomic mass is 16.4. The van der Waals surface area contributed by atoms with E-state index in [1.165, 1.54) is 25.8 Å². The van der Waals surface area contributed by atoms with Crippen molar-refractivity contribution in [3.8, 4) is 0 Å². The number of piperazine rings is 1. The average Bonchev–Trinajstić information content (AvgIpc) is 2.50.